The first-order valence-electron chi connectivity index (χ1n) is 3.82. The molecule has 0 fully saturated rings. The first kappa shape index (κ1) is 6.41. The Kier molecular flexibility index (Phi) is 1.39. The first-order valence-corrected chi connectivity index (χ1v) is 3.82. The molecule has 1 aromatic rings. The van der Waals surface area contributed by atoms with Crippen LogP contribution < -0.4 is 0 Å². The van der Waals surface area contributed by atoms with Crippen LogP contribution in [-0.4, -0.2) is 0 Å². The molecule has 0 saturated heterocycles. The van der Waals surface area contributed by atoms with Crippen molar-refractivity contribution < 1.29 is 0 Å². The van der Waals surface area contributed by atoms with Gasteiger partial charge in [0.25, 0.3) is 0 Å². The normalized spacial score (nSPS) is 12.0. The smallest absolute Gasteiger partial charge is 0.00940 e. The molecular weight excluding hydrogens is 132 g/mol. The molecule has 0 bridgehead atoms. The number of rotatable bonds is 2. The lowest BCUT2D eigenvalue weighted by molar-refractivity contribution is 1.25. The van der Waals surface area contributed by atoms with Crippen molar-refractivity contribution in [3.63, 3.8) is 0 Å². The number of allylic oxidation sites excluding steroid dienone is 1. The van der Waals surface area contributed by atoms with Gasteiger partial charge in [-0.2, -0.15) is 0 Å². The number of benzene rings is 1. The summed E-state index contributed by atoms with van der Waals surface area (Å²) in [7, 11) is 0. The van der Waals surface area contributed by atoms with Gasteiger partial charge in [-0.3, -0.25) is 0 Å². The molecule has 0 heteroatoms. The van der Waals surface area contributed by atoms with Crippen molar-refractivity contribution in [3.8, 4) is 0 Å². The minimum absolute atomic E-state index is 0.980. The van der Waals surface area contributed by atoms with Crippen LogP contribution >= 0.6 is 0 Å². The summed E-state index contributed by atoms with van der Waals surface area (Å²) in [5.41, 5.74) is 4.15. The zero-order valence-electron chi connectivity index (χ0n) is 6.38. The highest BCUT2D eigenvalue weighted by molar-refractivity contribution is 5.87. The summed E-state index contributed by atoms with van der Waals surface area (Å²) >= 11 is 0. The molecule has 0 N–H and O–H groups in total. The fourth-order valence-corrected chi connectivity index (χ4v) is 1.39. The highest BCUT2D eigenvalue weighted by Gasteiger charge is 2.07. The summed E-state index contributed by atoms with van der Waals surface area (Å²) in [4.78, 5) is 0. The van der Waals surface area contributed by atoms with Gasteiger partial charge in [0.1, 0.15) is 0 Å². The van der Waals surface area contributed by atoms with E-state index in [1.54, 1.807) is 0 Å². The monoisotopic (exact) mass is 142 g/mol. The van der Waals surface area contributed by atoms with E-state index < -0.39 is 0 Å². The summed E-state index contributed by atoms with van der Waals surface area (Å²) in [5, 5.41) is 0. The maximum absolute atomic E-state index is 3.73. The summed E-state index contributed by atoms with van der Waals surface area (Å²) in [6.45, 7) is 3.73. The van der Waals surface area contributed by atoms with E-state index in [1.165, 1.54) is 16.7 Å². The van der Waals surface area contributed by atoms with Crippen molar-refractivity contribution in [2.24, 2.45) is 0 Å². The molecule has 0 radical (unpaired) electrons. The van der Waals surface area contributed by atoms with Crippen molar-refractivity contribution in [2.75, 3.05) is 0 Å². The van der Waals surface area contributed by atoms with E-state index in [0.717, 1.165) is 6.42 Å². The zero-order chi connectivity index (χ0) is 7.68. The lowest BCUT2D eigenvalue weighted by atomic mass is 9.91. The minimum atomic E-state index is 0.980. The maximum atomic E-state index is 3.73. The molecule has 0 spiro atoms. The first-order chi connectivity index (χ1) is 5.42. The third-order valence-corrected chi connectivity index (χ3v) is 2.02. The van der Waals surface area contributed by atoms with Gasteiger partial charge in [-0.25, -0.2) is 0 Å². The molecule has 2 rings (SSSR count). The Morgan fingerprint density at radius 2 is 2.18 bits per heavy atom. The molecule has 1 aromatic carbocycles. The van der Waals surface area contributed by atoms with Gasteiger partial charge in [-0.05, 0) is 23.1 Å². The Morgan fingerprint density at radius 1 is 1.27 bits per heavy atom. The van der Waals surface area contributed by atoms with E-state index in [9.17, 15) is 0 Å². The Hall–Kier alpha value is -1.30. The molecular formula is C11H10. The molecule has 54 valence electrons. The third-order valence-electron chi connectivity index (χ3n) is 2.02. The molecule has 0 saturated carbocycles. The van der Waals surface area contributed by atoms with Crippen LogP contribution in [0.3, 0.4) is 0 Å². The van der Waals surface area contributed by atoms with Gasteiger partial charge in [-0.15, -0.1) is 6.58 Å². The van der Waals surface area contributed by atoms with Gasteiger partial charge >= 0.3 is 0 Å². The van der Waals surface area contributed by atoms with Crippen LogP contribution in [0.15, 0.2) is 30.9 Å². The fourth-order valence-electron chi connectivity index (χ4n) is 1.39. The second kappa shape index (κ2) is 2.39. The van der Waals surface area contributed by atoms with Crippen molar-refractivity contribution in [1.29, 1.82) is 0 Å². The number of fused-ring (bicyclic) bond motifs is 1. The molecule has 0 aliphatic heterocycles. The van der Waals surface area contributed by atoms with Gasteiger partial charge < -0.3 is 0 Å². The van der Waals surface area contributed by atoms with Crippen molar-refractivity contribution >= 4 is 12.2 Å². The van der Waals surface area contributed by atoms with Crippen LogP contribution in [0.5, 0.6) is 0 Å². The zero-order valence-corrected chi connectivity index (χ0v) is 6.38. The van der Waals surface area contributed by atoms with Gasteiger partial charge in [0.05, 0.1) is 0 Å². The molecule has 0 unspecified atom stereocenters. The highest BCUT2D eigenvalue weighted by Crippen LogP contribution is 2.26. The third kappa shape index (κ3) is 0.911. The van der Waals surface area contributed by atoms with Gasteiger partial charge in [0, 0.05) is 0 Å². The summed E-state index contributed by atoms with van der Waals surface area (Å²) < 4.78 is 0. The van der Waals surface area contributed by atoms with Crippen LogP contribution in [0.4, 0.5) is 0 Å². The average molecular weight is 142 g/mol. The lowest BCUT2D eigenvalue weighted by Crippen LogP contribution is -1.95. The van der Waals surface area contributed by atoms with Crippen LogP contribution in [-0.2, 0) is 6.42 Å². The molecule has 1 aliphatic carbocycles. The standard InChI is InChI=1S/C11H10/c1-2-4-9-5-3-6-10-7-8-11(9)10/h2-3,5-8H,1,4H2. The van der Waals surface area contributed by atoms with Crippen molar-refractivity contribution in [1.82, 2.24) is 0 Å². The summed E-state index contributed by atoms with van der Waals surface area (Å²) in [5.74, 6) is 0. The molecule has 0 amide bonds. The minimum Gasteiger partial charge on any atom is -0.103 e. The van der Waals surface area contributed by atoms with Crippen LogP contribution in [0.1, 0.15) is 16.7 Å². The Bertz CT molecular complexity index is 319. The molecule has 1 aliphatic rings. The van der Waals surface area contributed by atoms with Gasteiger partial charge in [-0.1, -0.05) is 36.4 Å². The largest absolute Gasteiger partial charge is 0.103 e. The lowest BCUT2D eigenvalue weighted by Gasteiger charge is -2.13. The maximum Gasteiger partial charge on any atom is -0.00940 e. The Labute approximate surface area is 66.9 Å². The van der Waals surface area contributed by atoms with E-state index >= 15 is 0 Å². The van der Waals surface area contributed by atoms with E-state index in [0.29, 0.717) is 0 Å². The van der Waals surface area contributed by atoms with Crippen molar-refractivity contribution in [2.45, 2.75) is 6.42 Å². The van der Waals surface area contributed by atoms with Crippen molar-refractivity contribution in [3.05, 3.63) is 47.5 Å². The van der Waals surface area contributed by atoms with E-state index in [-0.39, 0.29) is 0 Å². The molecule has 0 atom stereocenters. The Morgan fingerprint density at radius 3 is 2.82 bits per heavy atom. The van der Waals surface area contributed by atoms with E-state index in [2.05, 4.69) is 36.9 Å². The second-order valence-electron chi connectivity index (χ2n) is 2.75. The van der Waals surface area contributed by atoms with Crippen LogP contribution in [0, 0.1) is 0 Å². The topological polar surface area (TPSA) is 0 Å². The van der Waals surface area contributed by atoms with E-state index in [4.69, 9.17) is 0 Å². The molecule has 0 nitrogen and oxygen atoms in total. The van der Waals surface area contributed by atoms with Gasteiger partial charge in [0.15, 0.2) is 0 Å². The molecule has 0 heterocycles. The molecule has 11 heavy (non-hydrogen) atoms. The summed E-state index contributed by atoms with van der Waals surface area (Å²) in [6.07, 6.45) is 7.23. The predicted octanol–water partition coefficient (Wildman–Crippen LogP) is 2.90. The fraction of sp³-hybridized carbons (Fsp3) is 0.0909. The van der Waals surface area contributed by atoms with Crippen LogP contribution in [0.25, 0.3) is 12.2 Å². The molecule has 0 aromatic heterocycles. The predicted molar refractivity (Wildman–Crippen MR) is 49.3 cm³/mol. The highest BCUT2D eigenvalue weighted by atomic mass is 14.1. The quantitative estimate of drug-likeness (QED) is 0.565. The number of hydrogen-bond acceptors (Lipinski definition) is 0. The SMILES string of the molecule is C=CCc1cccc2c1C=C2. The average Bonchev–Trinajstić information content (AvgIpc) is 1.94. The van der Waals surface area contributed by atoms with Crippen LogP contribution in [0.2, 0.25) is 0 Å². The Balaban J connectivity index is 2.43. The van der Waals surface area contributed by atoms with Gasteiger partial charge in [0.2, 0.25) is 0 Å². The summed E-state index contributed by atoms with van der Waals surface area (Å²) in [6, 6.07) is 6.40. The number of hydrogen-bond donors (Lipinski definition) is 0. The van der Waals surface area contributed by atoms with E-state index in [1.807, 2.05) is 6.08 Å². The second-order valence-corrected chi connectivity index (χ2v) is 2.75.